The molecule has 0 aliphatic carbocycles. The zero-order chi connectivity index (χ0) is 9.97. The molecule has 1 aromatic heterocycles. The molecule has 14 heavy (non-hydrogen) atoms. The lowest BCUT2D eigenvalue weighted by Gasteiger charge is -2.05. The molecular weight excluding hydrogens is 174 g/mol. The Morgan fingerprint density at radius 1 is 1.14 bits per heavy atom. The van der Waals surface area contributed by atoms with Gasteiger partial charge in [0.2, 0.25) is 0 Å². The molecule has 3 heteroatoms. The molecule has 0 bridgehead atoms. The summed E-state index contributed by atoms with van der Waals surface area (Å²) in [7, 11) is 0. The minimum atomic E-state index is 0.764. The number of aromatic nitrogens is 2. The SMILES string of the molecule is Cc1ccc(-c2cncnc2)c(N)c1. The molecule has 0 saturated carbocycles. The standard InChI is InChI=1S/C11H11N3/c1-8-2-3-10(11(12)4-8)9-5-13-7-14-6-9/h2-7H,12H2,1H3. The van der Waals surface area contributed by atoms with Gasteiger partial charge >= 0.3 is 0 Å². The van der Waals surface area contributed by atoms with Crippen LogP contribution in [0.25, 0.3) is 11.1 Å². The number of nitrogens with two attached hydrogens (primary N) is 1. The summed E-state index contributed by atoms with van der Waals surface area (Å²) in [4.78, 5) is 7.92. The van der Waals surface area contributed by atoms with Crippen molar-refractivity contribution in [3.05, 3.63) is 42.5 Å². The van der Waals surface area contributed by atoms with Crippen molar-refractivity contribution in [1.29, 1.82) is 0 Å². The van der Waals surface area contributed by atoms with E-state index in [0.29, 0.717) is 0 Å². The Kier molecular flexibility index (Phi) is 2.14. The number of hydrogen-bond donors (Lipinski definition) is 1. The minimum Gasteiger partial charge on any atom is -0.398 e. The van der Waals surface area contributed by atoms with Crippen molar-refractivity contribution in [2.45, 2.75) is 6.92 Å². The highest BCUT2D eigenvalue weighted by Gasteiger charge is 2.01. The van der Waals surface area contributed by atoms with Crippen LogP contribution < -0.4 is 5.73 Å². The summed E-state index contributed by atoms with van der Waals surface area (Å²) in [5.41, 5.74) is 9.75. The Labute approximate surface area is 82.6 Å². The molecule has 0 unspecified atom stereocenters. The summed E-state index contributed by atoms with van der Waals surface area (Å²) in [6.45, 7) is 2.02. The molecule has 2 aromatic rings. The van der Waals surface area contributed by atoms with Crippen LogP contribution in [-0.2, 0) is 0 Å². The normalized spacial score (nSPS) is 10.1. The fraction of sp³-hybridized carbons (Fsp3) is 0.0909. The summed E-state index contributed by atoms with van der Waals surface area (Å²) in [6, 6.07) is 5.96. The molecule has 0 radical (unpaired) electrons. The van der Waals surface area contributed by atoms with E-state index >= 15 is 0 Å². The molecule has 70 valence electrons. The van der Waals surface area contributed by atoms with Gasteiger partial charge in [0.1, 0.15) is 6.33 Å². The average molecular weight is 185 g/mol. The Hall–Kier alpha value is -1.90. The third-order valence-corrected chi connectivity index (χ3v) is 2.08. The maximum atomic E-state index is 5.90. The summed E-state index contributed by atoms with van der Waals surface area (Å²) in [5, 5.41) is 0. The monoisotopic (exact) mass is 185 g/mol. The second kappa shape index (κ2) is 3.46. The molecule has 2 N–H and O–H groups in total. The molecule has 0 aliphatic rings. The number of hydrogen-bond acceptors (Lipinski definition) is 3. The summed E-state index contributed by atoms with van der Waals surface area (Å²) in [5.74, 6) is 0. The molecule has 0 fully saturated rings. The maximum absolute atomic E-state index is 5.90. The first-order valence-electron chi connectivity index (χ1n) is 4.39. The van der Waals surface area contributed by atoms with E-state index in [-0.39, 0.29) is 0 Å². The molecule has 0 amide bonds. The minimum absolute atomic E-state index is 0.764. The van der Waals surface area contributed by atoms with Crippen LogP contribution in [0.2, 0.25) is 0 Å². The Morgan fingerprint density at radius 2 is 1.86 bits per heavy atom. The largest absolute Gasteiger partial charge is 0.398 e. The molecule has 1 aromatic carbocycles. The van der Waals surface area contributed by atoms with Crippen molar-refractivity contribution in [3.8, 4) is 11.1 Å². The van der Waals surface area contributed by atoms with Crippen molar-refractivity contribution in [3.63, 3.8) is 0 Å². The Morgan fingerprint density at radius 3 is 2.50 bits per heavy atom. The van der Waals surface area contributed by atoms with Crippen molar-refractivity contribution in [2.24, 2.45) is 0 Å². The van der Waals surface area contributed by atoms with E-state index in [4.69, 9.17) is 5.73 Å². The van der Waals surface area contributed by atoms with E-state index in [1.54, 1.807) is 12.4 Å². The van der Waals surface area contributed by atoms with Gasteiger partial charge in [-0.1, -0.05) is 12.1 Å². The predicted molar refractivity (Wildman–Crippen MR) is 56.6 cm³/mol. The summed E-state index contributed by atoms with van der Waals surface area (Å²) >= 11 is 0. The number of rotatable bonds is 1. The van der Waals surface area contributed by atoms with Crippen LogP contribution in [0.5, 0.6) is 0 Å². The second-order valence-electron chi connectivity index (χ2n) is 3.22. The smallest absolute Gasteiger partial charge is 0.115 e. The molecular formula is C11H11N3. The molecule has 2 rings (SSSR count). The topological polar surface area (TPSA) is 51.8 Å². The second-order valence-corrected chi connectivity index (χ2v) is 3.22. The molecule has 3 nitrogen and oxygen atoms in total. The zero-order valence-corrected chi connectivity index (χ0v) is 7.94. The van der Waals surface area contributed by atoms with Crippen LogP contribution in [-0.4, -0.2) is 9.97 Å². The van der Waals surface area contributed by atoms with Crippen LogP contribution in [0.1, 0.15) is 5.56 Å². The van der Waals surface area contributed by atoms with Gasteiger partial charge in [-0.3, -0.25) is 0 Å². The van der Waals surface area contributed by atoms with Crippen LogP contribution in [0.4, 0.5) is 5.69 Å². The van der Waals surface area contributed by atoms with Gasteiger partial charge in [-0.25, -0.2) is 9.97 Å². The van der Waals surface area contributed by atoms with E-state index in [9.17, 15) is 0 Å². The average Bonchev–Trinajstić information content (AvgIpc) is 2.19. The quantitative estimate of drug-likeness (QED) is 0.691. The molecule has 1 heterocycles. The maximum Gasteiger partial charge on any atom is 0.115 e. The first kappa shape index (κ1) is 8.69. The third kappa shape index (κ3) is 1.57. The van der Waals surface area contributed by atoms with Crippen LogP contribution >= 0.6 is 0 Å². The van der Waals surface area contributed by atoms with Crippen molar-refractivity contribution in [2.75, 3.05) is 5.73 Å². The molecule has 0 aliphatic heterocycles. The summed E-state index contributed by atoms with van der Waals surface area (Å²) < 4.78 is 0. The number of nitrogens with zero attached hydrogens (tertiary/aromatic N) is 2. The highest BCUT2D eigenvalue weighted by atomic mass is 14.8. The highest BCUT2D eigenvalue weighted by molar-refractivity contribution is 5.75. The van der Waals surface area contributed by atoms with Crippen LogP contribution in [0.3, 0.4) is 0 Å². The molecule has 0 atom stereocenters. The fourth-order valence-corrected chi connectivity index (χ4v) is 1.38. The molecule has 0 saturated heterocycles. The Bertz CT molecular complexity index is 438. The van der Waals surface area contributed by atoms with E-state index in [1.165, 1.54) is 6.33 Å². The van der Waals surface area contributed by atoms with Gasteiger partial charge in [0.15, 0.2) is 0 Å². The van der Waals surface area contributed by atoms with Gasteiger partial charge in [-0.05, 0) is 18.6 Å². The van der Waals surface area contributed by atoms with Crippen molar-refractivity contribution >= 4 is 5.69 Å². The van der Waals surface area contributed by atoms with Gasteiger partial charge < -0.3 is 5.73 Å². The van der Waals surface area contributed by atoms with E-state index in [0.717, 1.165) is 22.4 Å². The predicted octanol–water partition coefficient (Wildman–Crippen LogP) is 2.03. The van der Waals surface area contributed by atoms with Gasteiger partial charge in [-0.15, -0.1) is 0 Å². The van der Waals surface area contributed by atoms with Crippen molar-refractivity contribution in [1.82, 2.24) is 9.97 Å². The van der Waals surface area contributed by atoms with E-state index < -0.39 is 0 Å². The number of anilines is 1. The van der Waals surface area contributed by atoms with Crippen LogP contribution in [0, 0.1) is 6.92 Å². The van der Waals surface area contributed by atoms with Gasteiger partial charge in [0, 0.05) is 29.2 Å². The van der Waals surface area contributed by atoms with Crippen LogP contribution in [0.15, 0.2) is 36.9 Å². The highest BCUT2D eigenvalue weighted by Crippen LogP contribution is 2.24. The van der Waals surface area contributed by atoms with Gasteiger partial charge in [0.25, 0.3) is 0 Å². The number of aryl methyl sites for hydroxylation is 1. The molecule has 0 spiro atoms. The lowest BCUT2D eigenvalue weighted by molar-refractivity contribution is 1.17. The first-order chi connectivity index (χ1) is 6.77. The van der Waals surface area contributed by atoms with E-state index in [2.05, 4.69) is 9.97 Å². The van der Waals surface area contributed by atoms with Crippen molar-refractivity contribution < 1.29 is 0 Å². The van der Waals surface area contributed by atoms with Gasteiger partial charge in [-0.2, -0.15) is 0 Å². The fourth-order valence-electron chi connectivity index (χ4n) is 1.38. The lowest BCUT2D eigenvalue weighted by atomic mass is 10.1. The number of nitrogen functional groups attached to an aromatic ring is 1. The van der Waals surface area contributed by atoms with Gasteiger partial charge in [0.05, 0.1) is 0 Å². The number of benzene rings is 1. The Balaban J connectivity index is 2.53. The first-order valence-corrected chi connectivity index (χ1v) is 4.39. The van der Waals surface area contributed by atoms with E-state index in [1.807, 2.05) is 25.1 Å². The summed E-state index contributed by atoms with van der Waals surface area (Å²) in [6.07, 6.45) is 5.02. The lowest BCUT2D eigenvalue weighted by Crippen LogP contribution is -1.91. The zero-order valence-electron chi connectivity index (χ0n) is 7.94. The third-order valence-electron chi connectivity index (χ3n) is 2.08.